The largest absolute Gasteiger partial charge is 0.455 e. The number of fused-ring (bicyclic) bond motifs is 9. The number of para-hydroxylation sites is 4. The third kappa shape index (κ3) is 4.98. The Labute approximate surface area is 339 Å². The molecule has 4 aromatic heterocycles. The number of benzene rings is 8. The predicted molar refractivity (Wildman–Crippen MR) is 236 cm³/mol. The zero-order valence-electron chi connectivity index (χ0n) is 36.0. The summed E-state index contributed by atoms with van der Waals surface area (Å²) in [6, 6.07) is 45.7. The molecule has 0 fully saturated rings. The monoisotopic (exact) mass is 752 g/mol. The number of nitrogens with zero attached hydrogens (tertiary/aromatic N) is 4. The number of aromatic nitrogens is 4. The van der Waals surface area contributed by atoms with E-state index in [0.29, 0.717) is 39.9 Å². The molecule has 0 saturated carbocycles. The van der Waals surface area contributed by atoms with Gasteiger partial charge in [-0.3, -0.25) is 0 Å². The predicted octanol–water partition coefficient (Wildman–Crippen LogP) is 13.9. The van der Waals surface area contributed by atoms with E-state index in [1.165, 1.54) is 12.1 Å². The lowest BCUT2D eigenvalue weighted by atomic mass is 9.99. The van der Waals surface area contributed by atoms with Crippen LogP contribution in [0.3, 0.4) is 0 Å². The highest BCUT2D eigenvalue weighted by molar-refractivity contribution is 7.26. The Morgan fingerprint density at radius 3 is 1.93 bits per heavy atom. The van der Waals surface area contributed by atoms with Crippen molar-refractivity contribution in [1.29, 1.82) is 0 Å². The molecule has 0 aliphatic carbocycles. The molecule has 0 bridgehead atoms. The minimum atomic E-state index is -0.191. The smallest absolute Gasteiger partial charge is 0.167 e. The van der Waals surface area contributed by atoms with Gasteiger partial charge in [0.25, 0.3) is 0 Å². The van der Waals surface area contributed by atoms with Crippen molar-refractivity contribution < 1.29 is 12.6 Å². The van der Waals surface area contributed by atoms with Crippen molar-refractivity contribution in [3.63, 3.8) is 0 Å². The van der Waals surface area contributed by atoms with Crippen molar-refractivity contribution >= 4 is 75.3 Å². The van der Waals surface area contributed by atoms with Crippen LogP contribution in [0.5, 0.6) is 0 Å². The fourth-order valence-electron chi connectivity index (χ4n) is 8.06. The summed E-state index contributed by atoms with van der Waals surface area (Å²) in [5, 5.41) is 4.49. The van der Waals surface area contributed by atoms with Gasteiger partial charge in [0, 0.05) is 52.8 Å². The van der Waals surface area contributed by atoms with Crippen LogP contribution in [0.15, 0.2) is 186 Å². The molecule has 0 spiro atoms. The molecule has 266 valence electrons. The lowest BCUT2D eigenvalue weighted by Gasteiger charge is -2.16. The number of furan rings is 1. The SMILES string of the molecule is [2H]c1cc([2H])c2c(c1[2H])c1c([2H])c([2H])cc([2H])c1n2-c1cc(-c2cccc3c2sc2ccccc23)ccc1-c1nc(-c2ccccc2)nc(-c2cccc3c2oc2ccccc23)n1. The molecule has 0 unspecified atom stereocenters. The molecule has 0 N–H and O–H groups in total. The standard InChI is InChI=1S/C51H30N4OS/c1-2-14-31(15-3-1)49-52-50(54-51(53-49)41-23-13-21-38-36-18-6-10-26-45(36)56-47(38)41)40-29-28-32(33-20-12-22-39-37-19-7-11-27-46(37)57-48(33)39)30-44(40)55-42-24-8-4-16-34(42)35-17-5-9-25-43(35)55/h1-30H/i4D,5D,16D,17D,24D,25D. The van der Waals surface area contributed by atoms with Crippen LogP contribution in [-0.4, -0.2) is 19.5 Å². The van der Waals surface area contributed by atoms with E-state index in [0.717, 1.165) is 53.2 Å². The van der Waals surface area contributed by atoms with E-state index in [9.17, 15) is 2.74 Å². The highest BCUT2D eigenvalue weighted by Crippen LogP contribution is 2.43. The summed E-state index contributed by atoms with van der Waals surface area (Å²) in [7, 11) is 0. The van der Waals surface area contributed by atoms with Crippen molar-refractivity contribution in [2.75, 3.05) is 0 Å². The lowest BCUT2D eigenvalue weighted by Crippen LogP contribution is -2.04. The van der Waals surface area contributed by atoms with Crippen LogP contribution in [-0.2, 0) is 0 Å². The third-order valence-corrected chi connectivity index (χ3v) is 11.9. The van der Waals surface area contributed by atoms with E-state index in [1.54, 1.807) is 15.9 Å². The van der Waals surface area contributed by atoms with Gasteiger partial charge in [-0.15, -0.1) is 11.3 Å². The van der Waals surface area contributed by atoms with E-state index in [1.807, 2.05) is 109 Å². The Morgan fingerprint density at radius 2 is 1.12 bits per heavy atom. The fraction of sp³-hybridized carbons (Fsp3) is 0. The number of rotatable bonds is 5. The van der Waals surface area contributed by atoms with E-state index in [2.05, 4.69) is 24.3 Å². The Balaban J connectivity index is 1.21. The third-order valence-electron chi connectivity index (χ3n) is 10.6. The van der Waals surface area contributed by atoms with Gasteiger partial charge in [0.15, 0.2) is 17.5 Å². The average molecular weight is 753 g/mol. The van der Waals surface area contributed by atoms with Gasteiger partial charge in [-0.05, 0) is 53.5 Å². The summed E-state index contributed by atoms with van der Waals surface area (Å²) < 4.78 is 64.8. The van der Waals surface area contributed by atoms with Gasteiger partial charge in [0.1, 0.15) is 11.2 Å². The molecule has 5 nitrogen and oxygen atoms in total. The molecule has 0 radical (unpaired) electrons. The summed E-state index contributed by atoms with van der Waals surface area (Å²) in [6.45, 7) is 0. The van der Waals surface area contributed by atoms with Crippen LogP contribution < -0.4 is 0 Å². The normalized spacial score (nSPS) is 13.3. The Bertz CT molecular complexity index is 3830. The Morgan fingerprint density at radius 1 is 0.474 bits per heavy atom. The number of thiophene rings is 1. The maximum Gasteiger partial charge on any atom is 0.167 e. The minimum absolute atomic E-state index is 0.0617. The number of hydrogen-bond acceptors (Lipinski definition) is 5. The Hall–Kier alpha value is -7.41. The van der Waals surface area contributed by atoms with Gasteiger partial charge in [-0.1, -0.05) is 139 Å². The first-order valence-corrected chi connectivity index (χ1v) is 19.3. The molecule has 6 heteroatoms. The van der Waals surface area contributed by atoms with Crippen LogP contribution in [0.2, 0.25) is 0 Å². The van der Waals surface area contributed by atoms with Crippen LogP contribution >= 0.6 is 11.3 Å². The lowest BCUT2D eigenvalue weighted by molar-refractivity contribution is 0.669. The van der Waals surface area contributed by atoms with E-state index in [4.69, 9.17) is 24.9 Å². The van der Waals surface area contributed by atoms with Crippen molar-refractivity contribution in [1.82, 2.24) is 19.5 Å². The highest BCUT2D eigenvalue weighted by Gasteiger charge is 2.22. The van der Waals surface area contributed by atoms with Gasteiger partial charge in [-0.25, -0.2) is 15.0 Å². The summed E-state index contributed by atoms with van der Waals surface area (Å²) in [6.07, 6.45) is 0. The molecule has 0 aliphatic heterocycles. The second-order valence-corrected chi connectivity index (χ2v) is 14.9. The maximum atomic E-state index is 9.35. The van der Waals surface area contributed by atoms with Crippen molar-refractivity contribution in [3.05, 3.63) is 182 Å². The van der Waals surface area contributed by atoms with Gasteiger partial charge >= 0.3 is 0 Å². The molecule has 0 aliphatic rings. The maximum absolute atomic E-state index is 9.35. The van der Waals surface area contributed by atoms with Crippen LogP contribution in [0.1, 0.15) is 8.22 Å². The molecular formula is C51H30N4OS. The van der Waals surface area contributed by atoms with Gasteiger partial charge in [0.2, 0.25) is 0 Å². The quantitative estimate of drug-likeness (QED) is 0.176. The molecule has 8 aromatic carbocycles. The van der Waals surface area contributed by atoms with Gasteiger partial charge in [-0.2, -0.15) is 0 Å². The molecule has 0 atom stereocenters. The second kappa shape index (κ2) is 12.6. The first-order chi connectivity index (χ1) is 30.7. The Kier molecular flexibility index (Phi) is 5.82. The van der Waals surface area contributed by atoms with E-state index >= 15 is 0 Å². The highest BCUT2D eigenvalue weighted by atomic mass is 32.1. The van der Waals surface area contributed by atoms with E-state index in [-0.39, 0.29) is 58.1 Å². The minimum Gasteiger partial charge on any atom is -0.455 e. The van der Waals surface area contributed by atoms with Crippen molar-refractivity contribution in [2.24, 2.45) is 0 Å². The average Bonchev–Trinajstić information content (AvgIpc) is 4.01. The summed E-state index contributed by atoms with van der Waals surface area (Å²) in [5.41, 5.74) is 6.10. The summed E-state index contributed by atoms with van der Waals surface area (Å²) in [5.74, 6) is 1.09. The van der Waals surface area contributed by atoms with Crippen LogP contribution in [0.4, 0.5) is 0 Å². The van der Waals surface area contributed by atoms with Crippen LogP contribution in [0, 0.1) is 0 Å². The molecule has 12 rings (SSSR count). The zero-order valence-corrected chi connectivity index (χ0v) is 30.8. The van der Waals surface area contributed by atoms with Crippen LogP contribution in [0.25, 0.3) is 115 Å². The zero-order chi connectivity index (χ0) is 42.7. The molecule has 12 aromatic rings. The van der Waals surface area contributed by atoms with E-state index < -0.39 is 0 Å². The second-order valence-electron chi connectivity index (χ2n) is 13.9. The van der Waals surface area contributed by atoms with Gasteiger partial charge < -0.3 is 8.98 Å². The molecule has 57 heavy (non-hydrogen) atoms. The summed E-state index contributed by atoms with van der Waals surface area (Å²) in [4.78, 5) is 15.4. The first kappa shape index (κ1) is 26.4. The van der Waals surface area contributed by atoms with Crippen molar-refractivity contribution in [2.45, 2.75) is 0 Å². The van der Waals surface area contributed by atoms with Crippen molar-refractivity contribution in [3.8, 4) is 51.0 Å². The number of hydrogen-bond donors (Lipinski definition) is 0. The first-order valence-electron chi connectivity index (χ1n) is 21.5. The summed E-state index contributed by atoms with van der Waals surface area (Å²) >= 11 is 1.71. The molecule has 4 heterocycles. The molecular weight excluding hydrogens is 717 g/mol. The van der Waals surface area contributed by atoms with Gasteiger partial charge in [0.05, 0.1) is 30.5 Å². The topological polar surface area (TPSA) is 56.7 Å². The fourth-order valence-corrected chi connectivity index (χ4v) is 9.30. The molecule has 0 saturated heterocycles. The molecule has 0 amide bonds.